The molecule has 0 bridgehead atoms. The van der Waals surface area contributed by atoms with Gasteiger partial charge in [-0.15, -0.1) is 0 Å². The van der Waals surface area contributed by atoms with Gasteiger partial charge in [-0.2, -0.15) is 5.84 Å². The highest BCUT2D eigenvalue weighted by atomic mass is 35.5. The molecule has 0 saturated carbocycles. The molecule has 2 N–H and O–H groups in total. The van der Waals surface area contributed by atoms with Gasteiger partial charge in [0.15, 0.2) is 0 Å². The number of halogens is 1. The molecule has 5 heteroatoms. The smallest absolute Gasteiger partial charge is 0.0973 e. The molecule has 0 amide bonds. The summed E-state index contributed by atoms with van der Waals surface area (Å²) in [5, 5.41) is 0.783. The molecule has 0 aromatic heterocycles. The fourth-order valence-corrected chi connectivity index (χ4v) is 4.06. The van der Waals surface area contributed by atoms with Gasteiger partial charge < -0.3 is 4.90 Å². The highest BCUT2D eigenvalue weighted by molar-refractivity contribution is 7.99. The third kappa shape index (κ3) is 3.41. The summed E-state index contributed by atoms with van der Waals surface area (Å²) in [4.78, 5) is 4.87. The maximum atomic E-state index is 6.16. The summed E-state index contributed by atoms with van der Waals surface area (Å²) >= 11 is 7.95. The Morgan fingerprint density at radius 1 is 1.09 bits per heavy atom. The summed E-state index contributed by atoms with van der Waals surface area (Å²) in [6.45, 7) is 1.89. The molecule has 3 nitrogen and oxygen atoms in total. The molecular weight excluding hydrogens is 314 g/mol. The van der Waals surface area contributed by atoms with Crippen LogP contribution in [0.3, 0.4) is 0 Å². The molecule has 2 aromatic rings. The van der Waals surface area contributed by atoms with Crippen molar-refractivity contribution in [2.24, 2.45) is 5.84 Å². The molecule has 116 valence electrons. The number of anilines is 2. The Balaban J connectivity index is 1.91. The third-order valence-electron chi connectivity index (χ3n) is 3.70. The lowest BCUT2D eigenvalue weighted by Gasteiger charge is -2.33. The van der Waals surface area contributed by atoms with Gasteiger partial charge in [-0.25, -0.2) is 0 Å². The van der Waals surface area contributed by atoms with E-state index in [9.17, 15) is 0 Å². The van der Waals surface area contributed by atoms with Crippen LogP contribution in [-0.2, 0) is 0 Å². The number of fused-ring (bicyclic) bond motifs is 2. The average Bonchev–Trinajstić information content (AvgIpc) is 2.45. The predicted octanol–water partition coefficient (Wildman–Crippen LogP) is 4.28. The maximum absolute atomic E-state index is 6.16. The van der Waals surface area contributed by atoms with E-state index < -0.39 is 0 Å². The van der Waals surface area contributed by atoms with E-state index >= 15 is 0 Å². The highest BCUT2D eigenvalue weighted by Gasteiger charge is 2.23. The van der Waals surface area contributed by atoms with E-state index in [1.54, 1.807) is 11.8 Å². The van der Waals surface area contributed by atoms with Gasteiger partial charge in [-0.1, -0.05) is 35.5 Å². The molecule has 0 saturated heterocycles. The number of rotatable bonds is 4. The minimum atomic E-state index is 0.498. The Morgan fingerprint density at radius 3 is 2.59 bits per heavy atom. The first-order valence-corrected chi connectivity index (χ1v) is 8.59. The van der Waals surface area contributed by atoms with Crippen LogP contribution in [0, 0.1) is 0 Å². The van der Waals surface area contributed by atoms with Crippen molar-refractivity contribution >= 4 is 34.7 Å². The Kier molecular flexibility index (Phi) is 4.37. The molecule has 22 heavy (non-hydrogen) atoms. The van der Waals surface area contributed by atoms with E-state index in [2.05, 4.69) is 35.2 Å². The monoisotopic (exact) mass is 334 g/mol. The fraction of sp³-hybridized carbons (Fsp3) is 0.294. The Morgan fingerprint density at radius 2 is 1.82 bits per heavy atom. The maximum Gasteiger partial charge on any atom is 0.0973 e. The molecule has 3 rings (SSSR count). The second-order valence-corrected chi connectivity index (χ2v) is 7.71. The van der Waals surface area contributed by atoms with Crippen LogP contribution in [0.4, 0.5) is 11.4 Å². The number of hydrogen-bond donors (Lipinski definition) is 1. The van der Waals surface area contributed by atoms with Gasteiger partial charge in [-0.05, 0) is 30.3 Å². The summed E-state index contributed by atoms with van der Waals surface area (Å²) in [5.74, 6) is 6.06. The molecule has 0 unspecified atom stereocenters. The fourth-order valence-electron chi connectivity index (χ4n) is 2.68. The van der Waals surface area contributed by atoms with E-state index in [1.165, 1.54) is 21.2 Å². The van der Waals surface area contributed by atoms with Gasteiger partial charge in [0.2, 0.25) is 0 Å². The Bertz CT molecular complexity index is 682. The van der Waals surface area contributed by atoms with Gasteiger partial charge in [0, 0.05) is 27.8 Å². The lowest BCUT2D eigenvalue weighted by atomic mass is 10.2. The van der Waals surface area contributed by atoms with Crippen LogP contribution in [0.15, 0.2) is 52.3 Å². The van der Waals surface area contributed by atoms with Crippen molar-refractivity contribution in [1.82, 2.24) is 0 Å². The molecule has 2 aromatic carbocycles. The summed E-state index contributed by atoms with van der Waals surface area (Å²) in [5.41, 5.74) is 2.50. The number of nitrogens with zero attached hydrogens (tertiary/aromatic N) is 2. The van der Waals surface area contributed by atoms with Crippen molar-refractivity contribution < 1.29 is 4.59 Å². The number of nitrogens with two attached hydrogens (primary N) is 1. The lowest BCUT2D eigenvalue weighted by Crippen LogP contribution is -2.48. The molecule has 0 spiro atoms. The van der Waals surface area contributed by atoms with Crippen LogP contribution >= 0.6 is 23.4 Å². The third-order valence-corrected chi connectivity index (χ3v) is 5.05. The SMILES string of the molecule is C[N+](C)(N)CCCN1c2ccccc2Sc2cc(Cl)ccc21. The van der Waals surface area contributed by atoms with Gasteiger partial charge in [0.1, 0.15) is 0 Å². The van der Waals surface area contributed by atoms with Crippen LogP contribution in [0.1, 0.15) is 6.42 Å². The number of para-hydroxylation sites is 1. The van der Waals surface area contributed by atoms with Crippen LogP contribution in [0.5, 0.6) is 0 Å². The molecule has 0 aliphatic carbocycles. The van der Waals surface area contributed by atoms with Crippen molar-refractivity contribution in [3.8, 4) is 0 Å². The van der Waals surface area contributed by atoms with E-state index in [-0.39, 0.29) is 0 Å². The van der Waals surface area contributed by atoms with E-state index in [0.717, 1.165) is 24.5 Å². The topological polar surface area (TPSA) is 29.3 Å². The first kappa shape index (κ1) is 15.7. The van der Waals surface area contributed by atoms with E-state index in [0.29, 0.717) is 4.59 Å². The van der Waals surface area contributed by atoms with Gasteiger partial charge in [-0.3, -0.25) is 4.59 Å². The second kappa shape index (κ2) is 6.13. The minimum absolute atomic E-state index is 0.498. The van der Waals surface area contributed by atoms with Crippen molar-refractivity contribution in [3.63, 3.8) is 0 Å². The summed E-state index contributed by atoms with van der Waals surface area (Å²) < 4.78 is 0.498. The van der Waals surface area contributed by atoms with Crippen LogP contribution < -0.4 is 10.7 Å². The van der Waals surface area contributed by atoms with Crippen molar-refractivity contribution in [2.45, 2.75) is 16.2 Å². The van der Waals surface area contributed by atoms with Crippen molar-refractivity contribution in [1.29, 1.82) is 0 Å². The number of benzene rings is 2. The highest BCUT2D eigenvalue weighted by Crippen LogP contribution is 2.48. The quantitative estimate of drug-likeness (QED) is 0.514. The zero-order valence-electron chi connectivity index (χ0n) is 12.9. The van der Waals surface area contributed by atoms with Gasteiger partial charge in [0.25, 0.3) is 0 Å². The summed E-state index contributed by atoms with van der Waals surface area (Å²) in [7, 11) is 4.04. The first-order chi connectivity index (χ1) is 10.4. The molecule has 1 aliphatic heterocycles. The normalized spacial score (nSPS) is 13.7. The molecule has 1 heterocycles. The van der Waals surface area contributed by atoms with Crippen molar-refractivity contribution in [2.75, 3.05) is 32.1 Å². The molecule has 1 aliphatic rings. The zero-order valence-corrected chi connectivity index (χ0v) is 14.5. The lowest BCUT2D eigenvalue weighted by molar-refractivity contribution is -0.902. The molecule has 0 atom stereocenters. The van der Waals surface area contributed by atoms with Gasteiger partial charge in [0.05, 0.1) is 32.0 Å². The van der Waals surface area contributed by atoms with Crippen molar-refractivity contribution in [3.05, 3.63) is 47.5 Å². The zero-order chi connectivity index (χ0) is 15.7. The van der Waals surface area contributed by atoms with E-state index in [1.807, 2.05) is 26.2 Å². The van der Waals surface area contributed by atoms with Gasteiger partial charge >= 0.3 is 0 Å². The molecule has 0 radical (unpaired) electrons. The largest absolute Gasteiger partial charge is 0.339 e. The van der Waals surface area contributed by atoms with Crippen LogP contribution in [0.25, 0.3) is 0 Å². The van der Waals surface area contributed by atoms with Crippen LogP contribution in [0.2, 0.25) is 5.02 Å². The standard InChI is InChI=1S/C17H21ClN3S/c1-21(2,19)11-5-10-20-14-6-3-4-7-16(14)22-17-12-13(18)8-9-15(17)20/h3-4,6-9,12H,5,10-11,19H2,1-2H3/q+1. The summed E-state index contributed by atoms with van der Waals surface area (Å²) in [6.07, 6.45) is 1.03. The average molecular weight is 335 g/mol. The minimum Gasteiger partial charge on any atom is -0.339 e. The van der Waals surface area contributed by atoms with Crippen LogP contribution in [-0.4, -0.2) is 31.8 Å². The molecule has 0 fully saturated rings. The Hall–Kier alpha value is -1.20. The van der Waals surface area contributed by atoms with E-state index in [4.69, 9.17) is 17.4 Å². The number of quaternary nitrogens is 1. The summed E-state index contributed by atoms with van der Waals surface area (Å²) in [6, 6.07) is 14.7. The molecular formula is C17H21ClN3S+. The Labute approximate surface area is 141 Å². The second-order valence-electron chi connectivity index (χ2n) is 6.19. The predicted molar refractivity (Wildman–Crippen MR) is 94.8 cm³/mol. The first-order valence-electron chi connectivity index (χ1n) is 7.39. The number of hydrogen-bond acceptors (Lipinski definition) is 3.